The Morgan fingerprint density at radius 2 is 2.15 bits per heavy atom. The summed E-state index contributed by atoms with van der Waals surface area (Å²) in [6, 6.07) is 3.84. The molecule has 5 heteroatoms. The number of aryl methyl sites for hydroxylation is 1. The molecule has 1 atom stereocenters. The molecular formula is C15H21N3OS. The number of rotatable bonds is 5. The van der Waals surface area contributed by atoms with Gasteiger partial charge in [0.1, 0.15) is 17.2 Å². The van der Waals surface area contributed by atoms with Crippen LogP contribution in [0.4, 0.5) is 5.82 Å². The Bertz CT molecular complexity index is 565. The van der Waals surface area contributed by atoms with Crippen LogP contribution in [-0.4, -0.2) is 21.6 Å². The van der Waals surface area contributed by atoms with Gasteiger partial charge in [-0.1, -0.05) is 13.8 Å². The maximum absolute atomic E-state index is 10.5. The zero-order valence-corrected chi connectivity index (χ0v) is 13.2. The van der Waals surface area contributed by atoms with E-state index >= 15 is 0 Å². The number of aromatic nitrogens is 2. The monoisotopic (exact) mass is 291 g/mol. The molecule has 108 valence electrons. The van der Waals surface area contributed by atoms with Gasteiger partial charge in [-0.25, -0.2) is 9.97 Å². The highest BCUT2D eigenvalue weighted by molar-refractivity contribution is 7.08. The molecule has 0 saturated carbocycles. The van der Waals surface area contributed by atoms with Crippen LogP contribution in [0.25, 0.3) is 0 Å². The van der Waals surface area contributed by atoms with Crippen molar-refractivity contribution in [2.24, 2.45) is 0 Å². The molecule has 2 aromatic rings. The quantitative estimate of drug-likeness (QED) is 0.887. The summed E-state index contributed by atoms with van der Waals surface area (Å²) in [7, 11) is 0. The normalized spacial score (nSPS) is 14.3. The highest BCUT2D eigenvalue weighted by Crippen LogP contribution is 2.23. The molecule has 1 unspecified atom stereocenters. The number of nitrogens with zero attached hydrogens (tertiary/aromatic N) is 2. The molecule has 4 nitrogen and oxygen atoms in total. The van der Waals surface area contributed by atoms with Gasteiger partial charge in [0.15, 0.2) is 0 Å². The fourth-order valence-electron chi connectivity index (χ4n) is 1.88. The van der Waals surface area contributed by atoms with Gasteiger partial charge in [0, 0.05) is 24.2 Å². The van der Waals surface area contributed by atoms with E-state index in [2.05, 4.69) is 29.1 Å². The van der Waals surface area contributed by atoms with Gasteiger partial charge in [0.05, 0.1) is 0 Å². The van der Waals surface area contributed by atoms with Gasteiger partial charge >= 0.3 is 0 Å². The highest BCUT2D eigenvalue weighted by atomic mass is 32.1. The molecular weight excluding hydrogens is 270 g/mol. The van der Waals surface area contributed by atoms with E-state index in [4.69, 9.17) is 0 Å². The van der Waals surface area contributed by atoms with Crippen LogP contribution < -0.4 is 5.32 Å². The Kier molecular flexibility index (Phi) is 4.40. The van der Waals surface area contributed by atoms with Gasteiger partial charge in [0.2, 0.25) is 0 Å². The number of nitrogens with one attached hydrogen (secondary N) is 1. The summed E-state index contributed by atoms with van der Waals surface area (Å²) in [5, 5.41) is 17.6. The summed E-state index contributed by atoms with van der Waals surface area (Å²) in [6.45, 7) is 8.31. The van der Waals surface area contributed by atoms with E-state index in [1.165, 1.54) is 0 Å². The molecule has 0 amide bonds. The van der Waals surface area contributed by atoms with E-state index in [0.717, 1.165) is 22.9 Å². The number of hydrogen-bond donors (Lipinski definition) is 2. The van der Waals surface area contributed by atoms with Gasteiger partial charge in [0.25, 0.3) is 0 Å². The molecule has 0 aliphatic carbocycles. The lowest BCUT2D eigenvalue weighted by Crippen LogP contribution is -2.30. The zero-order valence-electron chi connectivity index (χ0n) is 12.3. The van der Waals surface area contributed by atoms with Crippen molar-refractivity contribution in [3.05, 3.63) is 40.0 Å². The molecule has 0 aliphatic heterocycles. The van der Waals surface area contributed by atoms with E-state index in [1.807, 2.05) is 29.8 Å². The predicted molar refractivity (Wildman–Crippen MR) is 83.2 cm³/mol. The fourth-order valence-corrected chi connectivity index (χ4v) is 2.66. The molecule has 0 bridgehead atoms. The standard InChI is InChI=1S/C15H21N3OS/c1-10(2)14-17-11(3)7-13(18-14)16-9-15(4,19)12-5-6-20-8-12/h5-8,10,19H,9H2,1-4H3,(H,16,17,18). The first-order valence-corrected chi connectivity index (χ1v) is 7.67. The summed E-state index contributed by atoms with van der Waals surface area (Å²) in [5.74, 6) is 1.87. The van der Waals surface area contributed by atoms with Gasteiger partial charge in [-0.15, -0.1) is 0 Å². The summed E-state index contributed by atoms with van der Waals surface area (Å²) in [5.41, 5.74) is 0.947. The van der Waals surface area contributed by atoms with Crippen LogP contribution in [0.2, 0.25) is 0 Å². The predicted octanol–water partition coefficient (Wildman–Crippen LogP) is 3.29. The molecule has 2 N–H and O–H groups in total. The lowest BCUT2D eigenvalue weighted by molar-refractivity contribution is 0.0719. The first-order valence-electron chi connectivity index (χ1n) is 6.73. The smallest absolute Gasteiger partial charge is 0.133 e. The van der Waals surface area contributed by atoms with Crippen molar-refractivity contribution in [2.75, 3.05) is 11.9 Å². The van der Waals surface area contributed by atoms with Crippen molar-refractivity contribution in [1.29, 1.82) is 0 Å². The van der Waals surface area contributed by atoms with Gasteiger partial charge in [-0.2, -0.15) is 11.3 Å². The SMILES string of the molecule is Cc1cc(NCC(C)(O)c2ccsc2)nc(C(C)C)n1. The van der Waals surface area contributed by atoms with E-state index < -0.39 is 5.60 Å². The van der Waals surface area contributed by atoms with E-state index in [1.54, 1.807) is 18.3 Å². The number of anilines is 1. The van der Waals surface area contributed by atoms with Crippen LogP contribution in [0.1, 0.15) is 43.8 Å². The fraction of sp³-hybridized carbons (Fsp3) is 0.467. The molecule has 0 spiro atoms. The summed E-state index contributed by atoms with van der Waals surface area (Å²) < 4.78 is 0. The third kappa shape index (κ3) is 3.55. The van der Waals surface area contributed by atoms with Crippen molar-refractivity contribution < 1.29 is 5.11 Å². The van der Waals surface area contributed by atoms with Gasteiger partial charge in [-0.05, 0) is 36.2 Å². The molecule has 0 aromatic carbocycles. The third-order valence-corrected chi connectivity index (χ3v) is 3.83. The Hall–Kier alpha value is -1.46. The Morgan fingerprint density at radius 1 is 1.40 bits per heavy atom. The Morgan fingerprint density at radius 3 is 2.75 bits per heavy atom. The van der Waals surface area contributed by atoms with Crippen molar-refractivity contribution >= 4 is 17.2 Å². The molecule has 0 radical (unpaired) electrons. The minimum absolute atomic E-state index is 0.285. The lowest BCUT2D eigenvalue weighted by Gasteiger charge is -2.23. The molecule has 2 rings (SSSR count). The lowest BCUT2D eigenvalue weighted by atomic mass is 9.99. The topological polar surface area (TPSA) is 58.0 Å². The van der Waals surface area contributed by atoms with Crippen LogP contribution in [0.3, 0.4) is 0 Å². The van der Waals surface area contributed by atoms with Crippen LogP contribution in [0.15, 0.2) is 22.9 Å². The van der Waals surface area contributed by atoms with Crippen molar-refractivity contribution in [3.8, 4) is 0 Å². The maximum Gasteiger partial charge on any atom is 0.133 e. The maximum atomic E-state index is 10.5. The molecule has 0 fully saturated rings. The minimum Gasteiger partial charge on any atom is -0.384 e. The summed E-state index contributed by atoms with van der Waals surface area (Å²) >= 11 is 1.58. The average molecular weight is 291 g/mol. The second-order valence-electron chi connectivity index (χ2n) is 5.55. The van der Waals surface area contributed by atoms with E-state index in [0.29, 0.717) is 6.54 Å². The summed E-state index contributed by atoms with van der Waals surface area (Å²) in [6.07, 6.45) is 0. The Labute approximate surface area is 123 Å². The summed E-state index contributed by atoms with van der Waals surface area (Å²) in [4.78, 5) is 8.90. The average Bonchev–Trinajstić information content (AvgIpc) is 2.90. The van der Waals surface area contributed by atoms with Crippen LogP contribution in [0.5, 0.6) is 0 Å². The second kappa shape index (κ2) is 5.89. The van der Waals surface area contributed by atoms with E-state index in [9.17, 15) is 5.11 Å². The van der Waals surface area contributed by atoms with Crippen LogP contribution in [-0.2, 0) is 5.60 Å². The number of aliphatic hydroxyl groups is 1. The Balaban J connectivity index is 2.11. The molecule has 2 heterocycles. The van der Waals surface area contributed by atoms with Crippen LogP contribution in [0, 0.1) is 6.92 Å². The van der Waals surface area contributed by atoms with Crippen molar-refractivity contribution in [1.82, 2.24) is 9.97 Å². The largest absolute Gasteiger partial charge is 0.384 e. The molecule has 0 saturated heterocycles. The minimum atomic E-state index is -0.906. The van der Waals surface area contributed by atoms with E-state index in [-0.39, 0.29) is 5.92 Å². The number of thiophene rings is 1. The van der Waals surface area contributed by atoms with Gasteiger partial charge < -0.3 is 10.4 Å². The van der Waals surface area contributed by atoms with Crippen LogP contribution >= 0.6 is 11.3 Å². The van der Waals surface area contributed by atoms with Crippen molar-refractivity contribution in [3.63, 3.8) is 0 Å². The third-order valence-electron chi connectivity index (χ3n) is 3.14. The zero-order chi connectivity index (χ0) is 14.8. The van der Waals surface area contributed by atoms with Gasteiger partial charge in [-0.3, -0.25) is 0 Å². The molecule has 0 aliphatic rings. The molecule has 20 heavy (non-hydrogen) atoms. The first-order chi connectivity index (χ1) is 9.38. The molecule has 2 aromatic heterocycles. The van der Waals surface area contributed by atoms with Crippen molar-refractivity contribution in [2.45, 2.75) is 39.2 Å². The highest BCUT2D eigenvalue weighted by Gasteiger charge is 2.23. The number of hydrogen-bond acceptors (Lipinski definition) is 5. The first kappa shape index (κ1) is 14.9. The second-order valence-corrected chi connectivity index (χ2v) is 6.33.